The molecule has 0 spiro atoms. The highest BCUT2D eigenvalue weighted by Gasteiger charge is 2.51. The van der Waals surface area contributed by atoms with E-state index in [1.165, 1.54) is 5.56 Å². The van der Waals surface area contributed by atoms with Gasteiger partial charge in [-0.15, -0.1) is 0 Å². The van der Waals surface area contributed by atoms with Crippen LogP contribution in [0.1, 0.15) is 52.2 Å². The van der Waals surface area contributed by atoms with E-state index in [-0.39, 0.29) is 24.4 Å². The van der Waals surface area contributed by atoms with Gasteiger partial charge < -0.3 is 14.0 Å². The van der Waals surface area contributed by atoms with Crippen LogP contribution in [0.25, 0.3) is 0 Å². The molecule has 1 aromatic rings. The highest BCUT2D eigenvalue weighted by Crippen LogP contribution is 2.36. The van der Waals surface area contributed by atoms with Crippen LogP contribution in [0.4, 0.5) is 0 Å². The zero-order chi connectivity index (χ0) is 14.4. The number of benzene rings is 1. The van der Waals surface area contributed by atoms with Gasteiger partial charge in [0.05, 0.1) is 17.3 Å². The Balaban J connectivity index is 1.83. The largest absolute Gasteiger partial charge is 0.494 e. The minimum absolute atomic E-state index is 0.234. The molecule has 1 unspecified atom stereocenters. The zero-order valence-corrected chi connectivity index (χ0v) is 12.8. The smallest absolute Gasteiger partial charge is 0.399 e. The van der Waals surface area contributed by atoms with E-state index in [0.717, 1.165) is 24.9 Å². The van der Waals surface area contributed by atoms with Crippen LogP contribution in [-0.4, -0.2) is 24.9 Å². The Morgan fingerprint density at radius 3 is 2.40 bits per heavy atom. The normalized spacial score (nSPS) is 28.0. The van der Waals surface area contributed by atoms with Gasteiger partial charge in [-0.1, -0.05) is 24.3 Å². The van der Waals surface area contributed by atoms with Crippen molar-refractivity contribution in [2.75, 3.05) is 6.61 Å². The van der Waals surface area contributed by atoms with Crippen molar-refractivity contribution in [2.45, 2.75) is 57.8 Å². The first kappa shape index (κ1) is 14.1. The van der Waals surface area contributed by atoms with Crippen molar-refractivity contribution in [3.05, 3.63) is 29.8 Å². The minimum atomic E-state index is -0.294. The summed E-state index contributed by atoms with van der Waals surface area (Å²) in [5.74, 6) is 0. The number of rotatable bonds is 2. The second kappa shape index (κ2) is 4.87. The molecule has 2 fully saturated rings. The Bertz CT molecular complexity index is 476. The molecule has 3 rings (SSSR count). The van der Waals surface area contributed by atoms with Gasteiger partial charge in [0.25, 0.3) is 0 Å². The van der Waals surface area contributed by atoms with E-state index in [4.69, 9.17) is 14.0 Å². The SMILES string of the molecule is CC1(C)OB(c2cccc(C3CCCO3)c2)OC1(C)C. The summed E-state index contributed by atoms with van der Waals surface area (Å²) >= 11 is 0. The molecule has 0 saturated carbocycles. The van der Waals surface area contributed by atoms with Crippen molar-refractivity contribution in [1.29, 1.82) is 0 Å². The van der Waals surface area contributed by atoms with E-state index in [1.807, 2.05) is 0 Å². The van der Waals surface area contributed by atoms with Crippen molar-refractivity contribution >= 4 is 12.6 Å². The third-order valence-corrected chi connectivity index (χ3v) is 4.74. The fraction of sp³-hybridized carbons (Fsp3) is 0.625. The van der Waals surface area contributed by atoms with Gasteiger partial charge in [0.15, 0.2) is 0 Å². The van der Waals surface area contributed by atoms with Crippen LogP contribution in [0.5, 0.6) is 0 Å². The van der Waals surface area contributed by atoms with Crippen molar-refractivity contribution in [2.24, 2.45) is 0 Å². The van der Waals surface area contributed by atoms with Crippen LogP contribution in [0.2, 0.25) is 0 Å². The summed E-state index contributed by atoms with van der Waals surface area (Å²) in [6, 6.07) is 8.43. The standard InChI is InChI=1S/C16H23BO3/c1-15(2)16(3,4)20-17(19-15)13-8-5-7-12(11-13)14-9-6-10-18-14/h5,7-8,11,14H,6,9-10H2,1-4H3. The second-order valence-corrected chi connectivity index (χ2v) is 6.76. The molecule has 108 valence electrons. The van der Waals surface area contributed by atoms with Crippen LogP contribution >= 0.6 is 0 Å². The van der Waals surface area contributed by atoms with E-state index >= 15 is 0 Å². The van der Waals surface area contributed by atoms with Gasteiger partial charge in [-0.05, 0) is 51.6 Å². The summed E-state index contributed by atoms with van der Waals surface area (Å²) in [4.78, 5) is 0. The molecule has 2 aliphatic heterocycles. The minimum Gasteiger partial charge on any atom is -0.399 e. The lowest BCUT2D eigenvalue weighted by molar-refractivity contribution is 0.00578. The quantitative estimate of drug-likeness (QED) is 0.776. The molecule has 0 N–H and O–H groups in total. The summed E-state index contributed by atoms with van der Waals surface area (Å²) < 4.78 is 18.0. The fourth-order valence-corrected chi connectivity index (χ4v) is 2.73. The highest BCUT2D eigenvalue weighted by atomic mass is 16.7. The third kappa shape index (κ3) is 2.41. The van der Waals surface area contributed by atoms with Crippen LogP contribution in [0, 0.1) is 0 Å². The van der Waals surface area contributed by atoms with Crippen molar-refractivity contribution in [1.82, 2.24) is 0 Å². The van der Waals surface area contributed by atoms with Gasteiger partial charge in [-0.3, -0.25) is 0 Å². The van der Waals surface area contributed by atoms with E-state index < -0.39 is 0 Å². The van der Waals surface area contributed by atoms with Crippen molar-refractivity contribution < 1.29 is 14.0 Å². The van der Waals surface area contributed by atoms with E-state index in [0.29, 0.717) is 0 Å². The van der Waals surface area contributed by atoms with E-state index in [2.05, 4.69) is 52.0 Å². The Morgan fingerprint density at radius 1 is 1.10 bits per heavy atom. The molecule has 3 nitrogen and oxygen atoms in total. The maximum absolute atomic E-state index is 6.10. The Kier molecular flexibility index (Phi) is 3.43. The number of ether oxygens (including phenoxy) is 1. The summed E-state index contributed by atoms with van der Waals surface area (Å²) in [6.45, 7) is 9.19. The zero-order valence-electron chi connectivity index (χ0n) is 12.8. The molecule has 0 amide bonds. The van der Waals surface area contributed by atoms with Crippen molar-refractivity contribution in [3.63, 3.8) is 0 Å². The van der Waals surface area contributed by atoms with E-state index in [9.17, 15) is 0 Å². The number of hydrogen-bond donors (Lipinski definition) is 0. The average molecular weight is 274 g/mol. The van der Waals surface area contributed by atoms with Gasteiger partial charge in [0.2, 0.25) is 0 Å². The van der Waals surface area contributed by atoms with Gasteiger partial charge >= 0.3 is 7.12 Å². The molecule has 1 aromatic carbocycles. The van der Waals surface area contributed by atoms with Gasteiger partial charge in [0.1, 0.15) is 0 Å². The van der Waals surface area contributed by atoms with Gasteiger partial charge in [0, 0.05) is 6.61 Å². The molecule has 0 bridgehead atoms. The van der Waals surface area contributed by atoms with Crippen molar-refractivity contribution in [3.8, 4) is 0 Å². The molecular formula is C16H23BO3. The van der Waals surface area contributed by atoms with Crippen LogP contribution < -0.4 is 5.46 Å². The molecule has 0 aliphatic carbocycles. The first-order chi connectivity index (χ1) is 9.39. The fourth-order valence-electron chi connectivity index (χ4n) is 2.73. The topological polar surface area (TPSA) is 27.7 Å². The molecule has 1 atom stereocenters. The molecule has 0 radical (unpaired) electrons. The highest BCUT2D eigenvalue weighted by molar-refractivity contribution is 6.62. The maximum Gasteiger partial charge on any atom is 0.494 e. The first-order valence-electron chi connectivity index (χ1n) is 7.46. The Morgan fingerprint density at radius 2 is 1.80 bits per heavy atom. The van der Waals surface area contributed by atoms with Gasteiger partial charge in [-0.25, -0.2) is 0 Å². The summed E-state index contributed by atoms with van der Waals surface area (Å²) in [5, 5.41) is 0. The summed E-state index contributed by atoms with van der Waals surface area (Å²) in [5.41, 5.74) is 1.72. The molecule has 0 aromatic heterocycles. The Labute approximate surface area is 121 Å². The summed E-state index contributed by atoms with van der Waals surface area (Å²) in [6.07, 6.45) is 2.48. The average Bonchev–Trinajstić information content (AvgIpc) is 2.97. The second-order valence-electron chi connectivity index (χ2n) is 6.76. The molecule has 2 saturated heterocycles. The number of hydrogen-bond acceptors (Lipinski definition) is 3. The summed E-state index contributed by atoms with van der Waals surface area (Å²) in [7, 11) is -0.290. The van der Waals surface area contributed by atoms with Crippen LogP contribution in [-0.2, 0) is 14.0 Å². The predicted octanol–water partition coefficient (Wildman–Crippen LogP) is 2.84. The molecule has 20 heavy (non-hydrogen) atoms. The molecule has 2 aliphatic rings. The molecule has 4 heteroatoms. The monoisotopic (exact) mass is 274 g/mol. The molecule has 2 heterocycles. The van der Waals surface area contributed by atoms with Crippen LogP contribution in [0.3, 0.4) is 0 Å². The van der Waals surface area contributed by atoms with Gasteiger partial charge in [-0.2, -0.15) is 0 Å². The predicted molar refractivity (Wildman–Crippen MR) is 80.1 cm³/mol. The first-order valence-corrected chi connectivity index (χ1v) is 7.46. The third-order valence-electron chi connectivity index (χ3n) is 4.74. The van der Waals surface area contributed by atoms with Crippen LogP contribution in [0.15, 0.2) is 24.3 Å². The Hall–Kier alpha value is -0.835. The molecular weight excluding hydrogens is 251 g/mol. The lowest BCUT2D eigenvalue weighted by atomic mass is 9.78. The van der Waals surface area contributed by atoms with E-state index in [1.54, 1.807) is 0 Å². The maximum atomic E-state index is 6.10. The lowest BCUT2D eigenvalue weighted by Gasteiger charge is -2.32. The lowest BCUT2D eigenvalue weighted by Crippen LogP contribution is -2.41.